The third-order valence-corrected chi connectivity index (χ3v) is 2.48. The van der Waals surface area contributed by atoms with Crippen molar-refractivity contribution in [3.63, 3.8) is 0 Å². The Morgan fingerprint density at radius 3 is 2.47 bits per heavy atom. The Balaban J connectivity index is 2.75. The number of aromatic hydroxyl groups is 2. The molecule has 0 bridgehead atoms. The van der Waals surface area contributed by atoms with E-state index in [0.29, 0.717) is 5.56 Å². The van der Waals surface area contributed by atoms with Crippen LogP contribution in [0.25, 0.3) is 0 Å². The van der Waals surface area contributed by atoms with Crippen molar-refractivity contribution in [2.24, 2.45) is 5.73 Å². The Bertz CT molecular complexity index is 475. The molecule has 1 atom stereocenters. The summed E-state index contributed by atoms with van der Waals surface area (Å²) in [5, 5.41) is 29.8. The number of nitrogens with one attached hydrogen (secondary N) is 1. The van der Waals surface area contributed by atoms with Crippen LogP contribution in [0.2, 0.25) is 0 Å². The standard InChI is InChI=1S/C12H16N2O5/c13-4-3-11(17)14-8(12(18)19)5-7-1-2-9(15)10(16)6-7/h1-2,6,8,15-16H,3-5,13H2,(H,14,17)(H,18,19)/t8-/m0/s1. The van der Waals surface area contributed by atoms with E-state index in [1.54, 1.807) is 0 Å². The van der Waals surface area contributed by atoms with E-state index < -0.39 is 17.9 Å². The molecule has 0 saturated heterocycles. The van der Waals surface area contributed by atoms with Crippen LogP contribution in [0.4, 0.5) is 0 Å². The molecule has 104 valence electrons. The summed E-state index contributed by atoms with van der Waals surface area (Å²) in [5.41, 5.74) is 5.68. The van der Waals surface area contributed by atoms with Gasteiger partial charge in [0.1, 0.15) is 6.04 Å². The number of benzene rings is 1. The molecule has 6 N–H and O–H groups in total. The van der Waals surface area contributed by atoms with Crippen LogP contribution in [0.5, 0.6) is 11.5 Å². The molecule has 0 aliphatic rings. The number of carbonyl (C=O) groups excluding carboxylic acids is 1. The van der Waals surface area contributed by atoms with Crippen molar-refractivity contribution in [3.05, 3.63) is 23.8 Å². The molecule has 19 heavy (non-hydrogen) atoms. The monoisotopic (exact) mass is 268 g/mol. The van der Waals surface area contributed by atoms with Gasteiger partial charge < -0.3 is 26.4 Å². The minimum absolute atomic E-state index is 0.000511. The third kappa shape index (κ3) is 4.47. The summed E-state index contributed by atoms with van der Waals surface area (Å²) in [4.78, 5) is 22.4. The highest BCUT2D eigenvalue weighted by Crippen LogP contribution is 2.25. The largest absolute Gasteiger partial charge is 0.504 e. The van der Waals surface area contributed by atoms with Gasteiger partial charge in [-0.15, -0.1) is 0 Å². The maximum Gasteiger partial charge on any atom is 0.326 e. The van der Waals surface area contributed by atoms with E-state index in [4.69, 9.17) is 15.9 Å². The van der Waals surface area contributed by atoms with Gasteiger partial charge in [-0.25, -0.2) is 4.79 Å². The molecule has 0 spiro atoms. The predicted octanol–water partition coefficient (Wildman–Crippen LogP) is -0.441. The molecule has 0 aliphatic heterocycles. The van der Waals surface area contributed by atoms with E-state index in [0.717, 1.165) is 0 Å². The molecule has 1 rings (SSSR count). The molecule has 0 aromatic heterocycles. The van der Waals surface area contributed by atoms with E-state index in [1.807, 2.05) is 0 Å². The normalized spacial score (nSPS) is 11.8. The van der Waals surface area contributed by atoms with Gasteiger partial charge in [-0.05, 0) is 17.7 Å². The Morgan fingerprint density at radius 1 is 1.26 bits per heavy atom. The lowest BCUT2D eigenvalue weighted by Crippen LogP contribution is -2.42. The van der Waals surface area contributed by atoms with Gasteiger partial charge in [0.05, 0.1) is 0 Å². The van der Waals surface area contributed by atoms with Crippen molar-refractivity contribution in [2.45, 2.75) is 18.9 Å². The number of nitrogens with two attached hydrogens (primary N) is 1. The number of phenolic OH excluding ortho intramolecular Hbond substituents is 2. The number of aliphatic carboxylic acids is 1. The Morgan fingerprint density at radius 2 is 1.95 bits per heavy atom. The molecule has 1 aromatic carbocycles. The minimum atomic E-state index is -1.18. The maximum absolute atomic E-state index is 11.3. The van der Waals surface area contributed by atoms with Crippen molar-refractivity contribution in [3.8, 4) is 11.5 Å². The zero-order valence-electron chi connectivity index (χ0n) is 10.2. The number of carboxylic acids is 1. The second-order valence-electron chi connectivity index (χ2n) is 4.02. The van der Waals surface area contributed by atoms with Gasteiger partial charge in [0.25, 0.3) is 0 Å². The van der Waals surface area contributed by atoms with Crippen LogP contribution in [0.15, 0.2) is 18.2 Å². The summed E-state index contributed by atoms with van der Waals surface area (Å²) < 4.78 is 0. The number of rotatable bonds is 6. The average molecular weight is 268 g/mol. The topological polar surface area (TPSA) is 133 Å². The molecule has 7 nitrogen and oxygen atoms in total. The van der Waals surface area contributed by atoms with Gasteiger partial charge in [-0.3, -0.25) is 4.79 Å². The fourth-order valence-electron chi connectivity index (χ4n) is 1.53. The number of hydrogen-bond donors (Lipinski definition) is 5. The quantitative estimate of drug-likeness (QED) is 0.444. The van der Waals surface area contributed by atoms with Crippen LogP contribution in [-0.4, -0.2) is 39.8 Å². The van der Waals surface area contributed by atoms with Crippen LogP contribution >= 0.6 is 0 Å². The first-order valence-corrected chi connectivity index (χ1v) is 5.67. The summed E-state index contributed by atoms with van der Waals surface area (Å²) in [6, 6.07) is 2.87. The smallest absolute Gasteiger partial charge is 0.326 e. The van der Waals surface area contributed by atoms with Crippen molar-refractivity contribution in [2.75, 3.05) is 6.54 Å². The molecular formula is C12H16N2O5. The van der Waals surface area contributed by atoms with E-state index in [1.165, 1.54) is 18.2 Å². The molecule has 7 heteroatoms. The van der Waals surface area contributed by atoms with E-state index >= 15 is 0 Å². The van der Waals surface area contributed by atoms with Crippen LogP contribution in [0.3, 0.4) is 0 Å². The first-order chi connectivity index (χ1) is 8.93. The SMILES string of the molecule is NCCC(=O)N[C@@H](Cc1ccc(O)c(O)c1)C(=O)O. The lowest BCUT2D eigenvalue weighted by atomic mass is 10.1. The summed E-state index contributed by atoms with van der Waals surface area (Å²) >= 11 is 0. The third-order valence-electron chi connectivity index (χ3n) is 2.48. The predicted molar refractivity (Wildman–Crippen MR) is 66.7 cm³/mol. The molecular weight excluding hydrogens is 252 g/mol. The van der Waals surface area contributed by atoms with Crippen molar-refractivity contribution < 1.29 is 24.9 Å². The average Bonchev–Trinajstić information content (AvgIpc) is 2.33. The van der Waals surface area contributed by atoms with Crippen molar-refractivity contribution in [1.82, 2.24) is 5.32 Å². The molecule has 0 aliphatic carbocycles. The molecule has 0 unspecified atom stereocenters. The second kappa shape index (κ2) is 6.60. The van der Waals surface area contributed by atoms with Gasteiger partial charge in [0, 0.05) is 19.4 Å². The van der Waals surface area contributed by atoms with Gasteiger partial charge in [0.15, 0.2) is 11.5 Å². The summed E-state index contributed by atoms with van der Waals surface area (Å²) in [7, 11) is 0. The first kappa shape index (κ1) is 14.8. The highest BCUT2D eigenvalue weighted by Gasteiger charge is 2.20. The summed E-state index contributed by atoms with van der Waals surface area (Å²) in [5.74, 6) is -2.26. The Kier molecular flexibility index (Phi) is 5.13. The van der Waals surface area contributed by atoms with Crippen molar-refractivity contribution in [1.29, 1.82) is 0 Å². The zero-order valence-corrected chi connectivity index (χ0v) is 10.2. The number of hydrogen-bond acceptors (Lipinski definition) is 5. The fourth-order valence-corrected chi connectivity index (χ4v) is 1.53. The second-order valence-corrected chi connectivity index (χ2v) is 4.02. The number of carbonyl (C=O) groups is 2. The number of phenols is 2. The molecule has 0 radical (unpaired) electrons. The highest BCUT2D eigenvalue weighted by atomic mass is 16.4. The Labute approximate surface area is 109 Å². The number of amides is 1. The molecule has 1 amide bonds. The van der Waals surface area contributed by atoms with E-state index in [9.17, 15) is 14.7 Å². The first-order valence-electron chi connectivity index (χ1n) is 5.67. The lowest BCUT2D eigenvalue weighted by molar-refractivity contribution is -0.141. The van der Waals surface area contributed by atoms with Crippen LogP contribution in [0.1, 0.15) is 12.0 Å². The summed E-state index contributed by atoms with van der Waals surface area (Å²) in [6.45, 7) is 0.137. The lowest BCUT2D eigenvalue weighted by Gasteiger charge is -2.14. The minimum Gasteiger partial charge on any atom is -0.504 e. The zero-order chi connectivity index (χ0) is 14.4. The van der Waals surface area contributed by atoms with E-state index in [-0.39, 0.29) is 30.9 Å². The molecule has 1 aromatic rings. The molecule has 0 fully saturated rings. The van der Waals surface area contributed by atoms with Crippen LogP contribution in [-0.2, 0) is 16.0 Å². The number of carboxylic acid groups (broad SMARTS) is 1. The maximum atomic E-state index is 11.3. The van der Waals surface area contributed by atoms with Gasteiger partial charge in [-0.1, -0.05) is 6.07 Å². The molecule has 0 heterocycles. The van der Waals surface area contributed by atoms with Gasteiger partial charge in [-0.2, -0.15) is 0 Å². The van der Waals surface area contributed by atoms with Crippen molar-refractivity contribution >= 4 is 11.9 Å². The van der Waals surface area contributed by atoms with Gasteiger partial charge >= 0.3 is 5.97 Å². The Hall–Kier alpha value is -2.28. The van der Waals surface area contributed by atoms with Crippen LogP contribution in [0, 0.1) is 0 Å². The fraction of sp³-hybridized carbons (Fsp3) is 0.333. The van der Waals surface area contributed by atoms with Gasteiger partial charge in [0.2, 0.25) is 5.91 Å². The van der Waals surface area contributed by atoms with E-state index in [2.05, 4.69) is 5.32 Å². The van der Waals surface area contributed by atoms with Crippen LogP contribution < -0.4 is 11.1 Å². The summed E-state index contributed by atoms with van der Waals surface area (Å²) in [6.07, 6.45) is 0.0457. The molecule has 0 saturated carbocycles. The highest BCUT2D eigenvalue weighted by molar-refractivity contribution is 5.83.